The van der Waals surface area contributed by atoms with Crippen molar-refractivity contribution in [3.8, 4) is 0 Å². The predicted octanol–water partition coefficient (Wildman–Crippen LogP) is -0.211. The number of hydrogen-bond donors (Lipinski definition) is 1. The van der Waals surface area contributed by atoms with Gasteiger partial charge in [-0.05, 0) is 6.08 Å². The fourth-order valence-corrected chi connectivity index (χ4v) is 0.362. The highest BCUT2D eigenvalue weighted by Crippen LogP contribution is 1.93. The van der Waals surface area contributed by atoms with Crippen LogP contribution in [0.25, 0.3) is 0 Å². The standard InChI is InChI=1S/C4H7NO2/c5-4-6-2-1-3-7-4/h1-2,4H,3,5H2. The normalized spacial score (nSPS) is 29.6. The second kappa shape index (κ2) is 1.95. The lowest BCUT2D eigenvalue weighted by Gasteiger charge is -2.13. The van der Waals surface area contributed by atoms with E-state index in [0.29, 0.717) is 6.61 Å². The van der Waals surface area contributed by atoms with Gasteiger partial charge in [0.15, 0.2) is 0 Å². The second-order valence-corrected chi connectivity index (χ2v) is 1.21. The third-order valence-electron chi connectivity index (χ3n) is 0.666. The number of nitrogens with two attached hydrogens (primary N) is 1. The zero-order chi connectivity index (χ0) is 5.11. The van der Waals surface area contributed by atoms with Crippen LogP contribution in [0.2, 0.25) is 0 Å². The van der Waals surface area contributed by atoms with Crippen LogP contribution < -0.4 is 5.73 Å². The third-order valence-corrected chi connectivity index (χ3v) is 0.666. The fraction of sp³-hybridized carbons (Fsp3) is 0.500. The molecule has 3 nitrogen and oxygen atoms in total. The van der Waals surface area contributed by atoms with Crippen LogP contribution in [0, 0.1) is 0 Å². The summed E-state index contributed by atoms with van der Waals surface area (Å²) in [6.07, 6.45) is 2.74. The van der Waals surface area contributed by atoms with Gasteiger partial charge in [-0.25, -0.2) is 0 Å². The topological polar surface area (TPSA) is 44.5 Å². The average Bonchev–Trinajstić information content (AvgIpc) is 1.69. The molecule has 1 atom stereocenters. The molecule has 0 saturated heterocycles. The van der Waals surface area contributed by atoms with E-state index in [-0.39, 0.29) is 0 Å². The molecule has 1 aliphatic heterocycles. The molecule has 1 heterocycles. The third kappa shape index (κ3) is 1.17. The maximum absolute atomic E-state index is 5.14. The zero-order valence-electron chi connectivity index (χ0n) is 3.83. The van der Waals surface area contributed by atoms with Crippen molar-refractivity contribution in [3.05, 3.63) is 12.3 Å². The maximum Gasteiger partial charge on any atom is 0.256 e. The molecule has 0 aromatic rings. The Hall–Kier alpha value is -0.540. The van der Waals surface area contributed by atoms with Gasteiger partial charge in [0.2, 0.25) is 0 Å². The molecule has 0 bridgehead atoms. The molecule has 0 aromatic carbocycles. The van der Waals surface area contributed by atoms with Crippen LogP contribution in [0.5, 0.6) is 0 Å². The van der Waals surface area contributed by atoms with Crippen LogP contribution in [0.15, 0.2) is 12.3 Å². The monoisotopic (exact) mass is 101 g/mol. The molecule has 1 unspecified atom stereocenters. The van der Waals surface area contributed by atoms with Crippen molar-refractivity contribution in [1.82, 2.24) is 0 Å². The van der Waals surface area contributed by atoms with Crippen molar-refractivity contribution in [2.24, 2.45) is 5.73 Å². The smallest absolute Gasteiger partial charge is 0.256 e. The van der Waals surface area contributed by atoms with E-state index in [1.54, 1.807) is 6.08 Å². The second-order valence-electron chi connectivity index (χ2n) is 1.21. The van der Waals surface area contributed by atoms with Gasteiger partial charge < -0.3 is 9.47 Å². The van der Waals surface area contributed by atoms with Gasteiger partial charge in [-0.2, -0.15) is 0 Å². The van der Waals surface area contributed by atoms with Gasteiger partial charge in [-0.1, -0.05) is 0 Å². The highest BCUT2D eigenvalue weighted by atomic mass is 16.7. The summed E-state index contributed by atoms with van der Waals surface area (Å²) in [5.41, 5.74) is 5.14. The van der Waals surface area contributed by atoms with Gasteiger partial charge in [0.05, 0.1) is 12.9 Å². The first-order chi connectivity index (χ1) is 3.39. The Balaban J connectivity index is 2.32. The van der Waals surface area contributed by atoms with E-state index in [0.717, 1.165) is 0 Å². The number of rotatable bonds is 0. The Bertz CT molecular complexity index is 81.8. The Kier molecular flexibility index (Phi) is 1.29. The molecular formula is C4H7NO2. The lowest BCUT2D eigenvalue weighted by atomic mass is 10.6. The molecule has 0 radical (unpaired) electrons. The number of ether oxygens (including phenoxy) is 2. The Labute approximate surface area is 41.7 Å². The van der Waals surface area contributed by atoms with Gasteiger partial charge in [0.1, 0.15) is 0 Å². The van der Waals surface area contributed by atoms with Crippen LogP contribution in [0.4, 0.5) is 0 Å². The molecule has 0 amide bonds. The average molecular weight is 101 g/mol. The summed E-state index contributed by atoms with van der Waals surface area (Å²) in [4.78, 5) is 0. The quantitative estimate of drug-likeness (QED) is 0.459. The van der Waals surface area contributed by atoms with Crippen molar-refractivity contribution in [3.63, 3.8) is 0 Å². The minimum Gasteiger partial charge on any atom is -0.459 e. The van der Waals surface area contributed by atoms with Crippen molar-refractivity contribution in [1.29, 1.82) is 0 Å². The van der Waals surface area contributed by atoms with Gasteiger partial charge in [0.25, 0.3) is 6.41 Å². The first-order valence-corrected chi connectivity index (χ1v) is 2.07. The Morgan fingerprint density at radius 1 is 1.71 bits per heavy atom. The summed E-state index contributed by atoms with van der Waals surface area (Å²) in [6, 6.07) is 0. The zero-order valence-corrected chi connectivity index (χ0v) is 3.83. The minimum absolute atomic E-state index is 0.551. The van der Waals surface area contributed by atoms with E-state index in [9.17, 15) is 0 Å². The fourth-order valence-electron chi connectivity index (χ4n) is 0.362. The Morgan fingerprint density at radius 2 is 2.57 bits per heavy atom. The van der Waals surface area contributed by atoms with E-state index in [1.807, 2.05) is 0 Å². The summed E-state index contributed by atoms with van der Waals surface area (Å²) < 4.78 is 9.40. The van der Waals surface area contributed by atoms with Crippen molar-refractivity contribution in [2.75, 3.05) is 6.61 Å². The van der Waals surface area contributed by atoms with Crippen LogP contribution >= 0.6 is 0 Å². The van der Waals surface area contributed by atoms with Crippen molar-refractivity contribution in [2.45, 2.75) is 6.41 Å². The molecule has 0 aliphatic carbocycles. The maximum atomic E-state index is 5.14. The molecule has 40 valence electrons. The summed E-state index contributed by atoms with van der Waals surface area (Å²) in [5.74, 6) is 0. The van der Waals surface area contributed by atoms with Crippen molar-refractivity contribution < 1.29 is 9.47 Å². The predicted molar refractivity (Wildman–Crippen MR) is 24.2 cm³/mol. The van der Waals surface area contributed by atoms with Gasteiger partial charge in [-0.3, -0.25) is 5.73 Å². The van der Waals surface area contributed by atoms with E-state index >= 15 is 0 Å². The first kappa shape index (κ1) is 4.61. The summed E-state index contributed by atoms with van der Waals surface area (Å²) >= 11 is 0. The van der Waals surface area contributed by atoms with Gasteiger partial charge in [-0.15, -0.1) is 0 Å². The molecule has 2 N–H and O–H groups in total. The molecule has 0 spiro atoms. The molecule has 0 aromatic heterocycles. The molecule has 1 rings (SSSR count). The van der Waals surface area contributed by atoms with Gasteiger partial charge in [0, 0.05) is 0 Å². The van der Waals surface area contributed by atoms with E-state index in [2.05, 4.69) is 4.74 Å². The molecule has 1 aliphatic rings. The molecule has 0 fully saturated rings. The van der Waals surface area contributed by atoms with Crippen molar-refractivity contribution >= 4 is 0 Å². The summed E-state index contributed by atoms with van der Waals surface area (Å²) in [6.45, 7) is 0.557. The van der Waals surface area contributed by atoms with Crippen LogP contribution in [-0.4, -0.2) is 13.0 Å². The molecule has 7 heavy (non-hydrogen) atoms. The molecular weight excluding hydrogens is 94.0 g/mol. The highest BCUT2D eigenvalue weighted by Gasteiger charge is 2.00. The Morgan fingerprint density at radius 3 is 2.86 bits per heavy atom. The highest BCUT2D eigenvalue weighted by molar-refractivity contribution is 4.75. The minimum atomic E-state index is -0.551. The lowest BCUT2D eigenvalue weighted by Crippen LogP contribution is -2.27. The summed E-state index contributed by atoms with van der Waals surface area (Å²) in [7, 11) is 0. The van der Waals surface area contributed by atoms with Crippen LogP contribution in [-0.2, 0) is 9.47 Å². The van der Waals surface area contributed by atoms with Crippen LogP contribution in [0.1, 0.15) is 0 Å². The van der Waals surface area contributed by atoms with Gasteiger partial charge >= 0.3 is 0 Å². The van der Waals surface area contributed by atoms with E-state index in [1.165, 1.54) is 6.26 Å². The largest absolute Gasteiger partial charge is 0.459 e. The SMILES string of the molecule is NC1OC=CCO1. The van der Waals surface area contributed by atoms with E-state index in [4.69, 9.17) is 10.5 Å². The molecule has 0 saturated carbocycles. The summed E-state index contributed by atoms with van der Waals surface area (Å²) in [5, 5.41) is 0. The molecule has 3 heteroatoms. The van der Waals surface area contributed by atoms with Crippen LogP contribution in [0.3, 0.4) is 0 Å². The van der Waals surface area contributed by atoms with E-state index < -0.39 is 6.41 Å². The first-order valence-electron chi connectivity index (χ1n) is 2.07. The number of hydrogen-bond acceptors (Lipinski definition) is 3. The lowest BCUT2D eigenvalue weighted by molar-refractivity contribution is -0.105.